The van der Waals surface area contributed by atoms with E-state index in [9.17, 15) is 14.7 Å². The van der Waals surface area contributed by atoms with Crippen molar-refractivity contribution < 1.29 is 14.6 Å². The second-order valence-electron chi connectivity index (χ2n) is 10.9. The summed E-state index contributed by atoms with van der Waals surface area (Å²) in [4.78, 5) is 26.9. The molecule has 1 aromatic carbocycles. The number of nitrogens with one attached hydrogen (secondary N) is 1. The van der Waals surface area contributed by atoms with Crippen LogP contribution in [0.25, 0.3) is 11.3 Å². The quantitative estimate of drug-likeness (QED) is 0.685. The topological polar surface area (TPSA) is 83.8 Å². The van der Waals surface area contributed by atoms with E-state index in [1.807, 2.05) is 23.7 Å². The van der Waals surface area contributed by atoms with E-state index in [0.29, 0.717) is 19.1 Å². The molecule has 2 aliphatic heterocycles. The third-order valence-corrected chi connectivity index (χ3v) is 7.30. The molecule has 2 N–H and O–H groups in total. The number of nitrogens with zero attached hydrogens (tertiary/aromatic N) is 2. The Hall–Kier alpha value is -3.06. The Labute approximate surface area is 206 Å². The molecule has 2 aliphatic rings. The van der Waals surface area contributed by atoms with E-state index >= 15 is 0 Å². The van der Waals surface area contributed by atoms with Crippen molar-refractivity contribution >= 4 is 17.2 Å². The summed E-state index contributed by atoms with van der Waals surface area (Å²) in [6.07, 6.45) is 2.40. The van der Waals surface area contributed by atoms with E-state index < -0.39 is 11.4 Å². The number of aromatic nitrogens is 1. The van der Waals surface area contributed by atoms with Gasteiger partial charge in [0.15, 0.2) is 5.43 Å². The number of carboxylic acid groups (broad SMARTS) is 1. The molecular weight excluding hydrogens is 442 g/mol. The van der Waals surface area contributed by atoms with Gasteiger partial charge in [-0.2, -0.15) is 0 Å². The lowest BCUT2D eigenvalue weighted by Gasteiger charge is -2.43. The molecule has 1 atom stereocenters. The van der Waals surface area contributed by atoms with Crippen LogP contribution in [0.2, 0.25) is 0 Å². The van der Waals surface area contributed by atoms with Crippen molar-refractivity contribution in [1.29, 1.82) is 0 Å². The average Bonchev–Trinajstić information content (AvgIpc) is 2.75. The van der Waals surface area contributed by atoms with Crippen LogP contribution in [0.15, 0.2) is 35.3 Å². The number of likely N-dealkylation sites (N-methyl/N-ethyl adjacent to an activating group) is 1. The van der Waals surface area contributed by atoms with Crippen molar-refractivity contribution in [3.63, 3.8) is 0 Å². The summed E-state index contributed by atoms with van der Waals surface area (Å²) < 4.78 is 8.33. The van der Waals surface area contributed by atoms with Crippen LogP contribution in [0.5, 0.6) is 5.75 Å². The monoisotopic (exact) mass is 479 g/mol. The molecular formula is C28H37N3O4. The zero-order chi connectivity index (χ0) is 25.5. The molecule has 2 aromatic rings. The second-order valence-corrected chi connectivity index (χ2v) is 10.9. The highest BCUT2D eigenvalue weighted by atomic mass is 16.5. The van der Waals surface area contributed by atoms with Gasteiger partial charge in [-0.1, -0.05) is 45.4 Å². The van der Waals surface area contributed by atoms with Crippen LogP contribution in [0.1, 0.15) is 63.1 Å². The Morgan fingerprint density at radius 3 is 2.54 bits per heavy atom. The highest BCUT2D eigenvalue weighted by Gasteiger charge is 2.35. The zero-order valence-electron chi connectivity index (χ0n) is 21.6. The molecule has 4 rings (SSSR count). The first-order chi connectivity index (χ1) is 16.5. The Kier molecular flexibility index (Phi) is 6.82. The molecule has 7 heteroatoms. The number of hydrogen-bond donors (Lipinski definition) is 2. The molecule has 0 radical (unpaired) electrons. The highest BCUT2D eigenvalue weighted by Crippen LogP contribution is 2.37. The first-order valence-electron chi connectivity index (χ1n) is 12.4. The largest absolute Gasteiger partial charge is 0.493 e. The van der Waals surface area contributed by atoms with Gasteiger partial charge in [0.2, 0.25) is 0 Å². The summed E-state index contributed by atoms with van der Waals surface area (Å²) in [6.45, 7) is 14.0. The minimum Gasteiger partial charge on any atom is -0.493 e. The van der Waals surface area contributed by atoms with Gasteiger partial charge in [-0.15, -0.1) is 0 Å². The normalized spacial score (nSPS) is 20.7. The van der Waals surface area contributed by atoms with Gasteiger partial charge in [0.05, 0.1) is 24.0 Å². The fourth-order valence-electron chi connectivity index (χ4n) is 4.97. The predicted molar refractivity (Wildman–Crippen MR) is 138 cm³/mol. The van der Waals surface area contributed by atoms with Gasteiger partial charge >= 0.3 is 5.97 Å². The molecule has 0 bridgehead atoms. The van der Waals surface area contributed by atoms with Crippen molar-refractivity contribution in [3.8, 4) is 5.75 Å². The van der Waals surface area contributed by atoms with Gasteiger partial charge in [-0.25, -0.2) is 4.79 Å². The molecule has 3 heterocycles. The Morgan fingerprint density at radius 2 is 1.97 bits per heavy atom. The lowest BCUT2D eigenvalue weighted by atomic mass is 9.84. The lowest BCUT2D eigenvalue weighted by molar-refractivity contribution is 0.0693. The molecule has 0 amide bonds. The Bertz CT molecular complexity index is 1320. The summed E-state index contributed by atoms with van der Waals surface area (Å²) >= 11 is 0. The zero-order valence-corrected chi connectivity index (χ0v) is 21.6. The van der Waals surface area contributed by atoms with Gasteiger partial charge in [-0.05, 0) is 24.8 Å². The van der Waals surface area contributed by atoms with Crippen LogP contribution in [0, 0.1) is 11.3 Å². The molecule has 188 valence electrons. The molecule has 1 aromatic heterocycles. The van der Waals surface area contributed by atoms with E-state index in [-0.39, 0.29) is 17.0 Å². The van der Waals surface area contributed by atoms with Crippen LogP contribution in [0.4, 0.5) is 0 Å². The van der Waals surface area contributed by atoms with Gasteiger partial charge in [0, 0.05) is 55.3 Å². The van der Waals surface area contributed by atoms with Crippen LogP contribution >= 0.6 is 0 Å². The number of carboxylic acids is 1. The molecule has 7 nitrogen and oxygen atoms in total. The van der Waals surface area contributed by atoms with E-state index in [1.54, 1.807) is 0 Å². The SMILES string of the molecule is CC/C(C)=c1/c(OCC2CNC2)ccc/c1=C1\c2cc(=O)c(C(=O)O)cn2C(C(C)(C)C)CN1C. The van der Waals surface area contributed by atoms with E-state index in [2.05, 4.69) is 50.9 Å². The van der Waals surface area contributed by atoms with Crippen LogP contribution < -0.4 is 25.9 Å². The Balaban J connectivity index is 2.04. The predicted octanol–water partition coefficient (Wildman–Crippen LogP) is 2.41. The molecule has 0 aliphatic carbocycles. The molecule has 1 unspecified atom stereocenters. The van der Waals surface area contributed by atoms with E-state index in [4.69, 9.17) is 4.74 Å². The third kappa shape index (κ3) is 4.74. The highest BCUT2D eigenvalue weighted by molar-refractivity contribution is 5.87. The van der Waals surface area contributed by atoms with Gasteiger partial charge in [0.1, 0.15) is 11.3 Å². The minimum absolute atomic E-state index is 0.00444. The third-order valence-electron chi connectivity index (χ3n) is 7.30. The average molecular weight is 480 g/mol. The molecule has 1 saturated heterocycles. The maximum atomic E-state index is 12.9. The second kappa shape index (κ2) is 9.53. The Morgan fingerprint density at radius 1 is 1.26 bits per heavy atom. The van der Waals surface area contributed by atoms with Gasteiger partial charge in [0.25, 0.3) is 0 Å². The van der Waals surface area contributed by atoms with Crippen molar-refractivity contribution in [2.24, 2.45) is 11.3 Å². The van der Waals surface area contributed by atoms with Crippen molar-refractivity contribution in [2.75, 3.05) is 33.3 Å². The van der Waals surface area contributed by atoms with Crippen molar-refractivity contribution in [2.45, 2.75) is 47.1 Å². The first-order valence-corrected chi connectivity index (χ1v) is 12.4. The smallest absolute Gasteiger partial charge is 0.341 e. The number of pyridine rings is 1. The summed E-state index contributed by atoms with van der Waals surface area (Å²) in [5.74, 6) is 0.165. The summed E-state index contributed by atoms with van der Waals surface area (Å²) in [5.41, 5.74) is 2.03. The van der Waals surface area contributed by atoms with Crippen molar-refractivity contribution in [1.82, 2.24) is 14.8 Å². The van der Waals surface area contributed by atoms with Crippen LogP contribution in [0.3, 0.4) is 0 Å². The fourth-order valence-corrected chi connectivity index (χ4v) is 4.97. The number of benzene rings is 1. The first kappa shape index (κ1) is 25.0. The summed E-state index contributed by atoms with van der Waals surface area (Å²) in [5, 5.41) is 15.0. The lowest BCUT2D eigenvalue weighted by Crippen LogP contribution is -2.47. The molecule has 1 fully saturated rings. The number of hydrogen-bond acceptors (Lipinski definition) is 5. The number of rotatable bonds is 5. The molecule has 0 spiro atoms. The maximum absolute atomic E-state index is 12.9. The van der Waals surface area contributed by atoms with Gasteiger partial charge in [-0.3, -0.25) is 4.79 Å². The molecule has 0 saturated carbocycles. The fraction of sp³-hybridized carbons (Fsp3) is 0.500. The summed E-state index contributed by atoms with van der Waals surface area (Å²) in [6, 6.07) is 7.59. The number of aromatic carboxylic acids is 1. The van der Waals surface area contributed by atoms with Crippen molar-refractivity contribution in [3.05, 3.63) is 62.4 Å². The molecule has 35 heavy (non-hydrogen) atoms. The number of fused-ring (bicyclic) bond motifs is 1. The van der Waals surface area contributed by atoms with E-state index in [0.717, 1.165) is 47.1 Å². The number of carbonyl (C=O) groups is 1. The maximum Gasteiger partial charge on any atom is 0.341 e. The summed E-state index contributed by atoms with van der Waals surface area (Å²) in [7, 11) is 2.05. The van der Waals surface area contributed by atoms with Crippen LogP contribution in [-0.4, -0.2) is 53.8 Å². The minimum atomic E-state index is -1.20. The number of ether oxygens (including phenoxy) is 1. The van der Waals surface area contributed by atoms with Crippen LogP contribution in [-0.2, 0) is 0 Å². The van der Waals surface area contributed by atoms with E-state index in [1.165, 1.54) is 17.8 Å². The standard InChI is InChI=1S/C28H37N3O4/c1-7-17(2)25-19(9-8-10-23(25)35-16-18-12-29-13-18)26-21-11-22(32)20(27(33)34)14-31(21)24(15-30(26)6)28(3,4)5/h8-11,14,18,24,29H,7,12-13,15-16H2,1-6H3,(H,33,34)/b25-17+,26-19-. The van der Waals surface area contributed by atoms with Gasteiger partial charge < -0.3 is 24.6 Å².